The molecule has 0 aliphatic carbocycles. The number of aryl methyl sites for hydroxylation is 2. The maximum atomic E-state index is 11.7. The average molecular weight is 231 g/mol. The predicted molar refractivity (Wildman–Crippen MR) is 65.3 cm³/mol. The minimum atomic E-state index is -0.921. The topological polar surface area (TPSA) is 59.3 Å². The average Bonchev–Trinajstić information content (AvgIpc) is 2.26. The fourth-order valence-electron chi connectivity index (χ4n) is 1.97. The van der Waals surface area contributed by atoms with Crippen LogP contribution in [0.3, 0.4) is 0 Å². The first-order valence-electron chi connectivity index (χ1n) is 5.32. The highest BCUT2D eigenvalue weighted by Gasteiger charge is 2.09. The summed E-state index contributed by atoms with van der Waals surface area (Å²) in [6, 6.07) is 5.03. The van der Waals surface area contributed by atoms with E-state index in [1.165, 1.54) is 12.3 Å². The smallest absolute Gasteiger partial charge is 0.323 e. The number of rotatable bonds is 2. The Morgan fingerprint density at radius 1 is 1.29 bits per heavy atom. The zero-order valence-electron chi connectivity index (χ0n) is 9.73. The highest BCUT2D eigenvalue weighted by Crippen LogP contribution is 2.18. The Balaban J connectivity index is 2.86. The number of hydrogen-bond acceptors (Lipinski definition) is 2. The number of aliphatic carboxylic acids is 1. The van der Waals surface area contributed by atoms with Gasteiger partial charge in [-0.3, -0.25) is 9.59 Å². The number of benzene rings is 1. The molecule has 4 heteroatoms. The SMILES string of the molecule is Cc1ccc2c(=O)ccn(CC(=O)O)c2c1C. The number of pyridine rings is 1. The van der Waals surface area contributed by atoms with E-state index in [9.17, 15) is 9.59 Å². The van der Waals surface area contributed by atoms with Gasteiger partial charge in [-0.25, -0.2) is 0 Å². The molecule has 0 atom stereocenters. The van der Waals surface area contributed by atoms with Crippen molar-refractivity contribution in [3.63, 3.8) is 0 Å². The lowest BCUT2D eigenvalue weighted by atomic mass is 10.0. The summed E-state index contributed by atoms with van der Waals surface area (Å²) in [5.74, 6) is -0.921. The Morgan fingerprint density at radius 3 is 2.65 bits per heavy atom. The van der Waals surface area contributed by atoms with E-state index in [1.54, 1.807) is 10.6 Å². The van der Waals surface area contributed by atoms with E-state index >= 15 is 0 Å². The Kier molecular flexibility index (Phi) is 2.71. The van der Waals surface area contributed by atoms with Crippen molar-refractivity contribution >= 4 is 16.9 Å². The van der Waals surface area contributed by atoms with Crippen LogP contribution in [0.25, 0.3) is 10.9 Å². The molecule has 17 heavy (non-hydrogen) atoms. The van der Waals surface area contributed by atoms with Gasteiger partial charge in [0.1, 0.15) is 6.54 Å². The molecule has 0 aliphatic heterocycles. The lowest BCUT2D eigenvalue weighted by molar-refractivity contribution is -0.137. The van der Waals surface area contributed by atoms with E-state index in [2.05, 4.69) is 0 Å². The van der Waals surface area contributed by atoms with Crippen molar-refractivity contribution in [2.24, 2.45) is 0 Å². The van der Waals surface area contributed by atoms with E-state index < -0.39 is 5.97 Å². The zero-order valence-corrected chi connectivity index (χ0v) is 9.73. The minimum absolute atomic E-state index is 0.0789. The summed E-state index contributed by atoms with van der Waals surface area (Å²) in [5, 5.41) is 9.42. The Hall–Kier alpha value is -2.10. The van der Waals surface area contributed by atoms with Crippen molar-refractivity contribution in [3.05, 3.63) is 45.7 Å². The van der Waals surface area contributed by atoms with Gasteiger partial charge >= 0.3 is 5.97 Å². The van der Waals surface area contributed by atoms with Gasteiger partial charge in [-0.2, -0.15) is 0 Å². The predicted octanol–water partition coefficient (Wildman–Crippen LogP) is 1.70. The van der Waals surface area contributed by atoms with E-state index in [1.807, 2.05) is 19.9 Å². The van der Waals surface area contributed by atoms with E-state index in [4.69, 9.17) is 5.11 Å². The van der Waals surface area contributed by atoms with Crippen LogP contribution in [-0.4, -0.2) is 15.6 Å². The Bertz CT molecular complexity index is 655. The zero-order chi connectivity index (χ0) is 12.6. The summed E-state index contributed by atoms with van der Waals surface area (Å²) >= 11 is 0. The number of carboxylic acid groups (broad SMARTS) is 1. The van der Waals surface area contributed by atoms with Crippen LogP contribution < -0.4 is 5.43 Å². The van der Waals surface area contributed by atoms with Crippen molar-refractivity contribution in [1.29, 1.82) is 0 Å². The van der Waals surface area contributed by atoms with Crippen molar-refractivity contribution in [1.82, 2.24) is 4.57 Å². The summed E-state index contributed by atoms with van der Waals surface area (Å²) in [6.07, 6.45) is 1.53. The third-order valence-corrected chi connectivity index (χ3v) is 2.97. The van der Waals surface area contributed by atoms with Crippen LogP contribution >= 0.6 is 0 Å². The third-order valence-electron chi connectivity index (χ3n) is 2.97. The number of fused-ring (bicyclic) bond motifs is 1. The standard InChI is InChI=1S/C13H13NO3/c1-8-3-4-10-11(15)5-6-14(7-12(16)17)13(10)9(8)2/h3-6H,7H2,1-2H3,(H,16,17). The van der Waals surface area contributed by atoms with Crippen LogP contribution in [0.1, 0.15) is 11.1 Å². The lowest BCUT2D eigenvalue weighted by Gasteiger charge is -2.12. The van der Waals surface area contributed by atoms with Gasteiger partial charge in [-0.05, 0) is 31.0 Å². The molecule has 1 heterocycles. The number of nitrogens with zero attached hydrogens (tertiary/aromatic N) is 1. The first kappa shape index (κ1) is 11.4. The van der Waals surface area contributed by atoms with Gasteiger partial charge in [0.15, 0.2) is 5.43 Å². The van der Waals surface area contributed by atoms with Gasteiger partial charge in [0.05, 0.1) is 5.52 Å². The maximum Gasteiger partial charge on any atom is 0.323 e. The summed E-state index contributed by atoms with van der Waals surface area (Å²) in [6.45, 7) is 3.70. The molecular weight excluding hydrogens is 218 g/mol. The molecular formula is C13H13NO3. The highest BCUT2D eigenvalue weighted by molar-refractivity contribution is 5.84. The first-order valence-corrected chi connectivity index (χ1v) is 5.32. The molecule has 0 saturated heterocycles. The van der Waals surface area contributed by atoms with Crippen molar-refractivity contribution in [3.8, 4) is 0 Å². The van der Waals surface area contributed by atoms with Gasteiger partial charge in [0.2, 0.25) is 0 Å². The molecule has 1 N–H and O–H groups in total. The van der Waals surface area contributed by atoms with Gasteiger partial charge < -0.3 is 9.67 Å². The molecule has 0 aliphatic rings. The lowest BCUT2D eigenvalue weighted by Crippen LogP contribution is -2.14. The largest absolute Gasteiger partial charge is 0.480 e. The minimum Gasteiger partial charge on any atom is -0.480 e. The van der Waals surface area contributed by atoms with E-state index in [0.29, 0.717) is 10.9 Å². The maximum absolute atomic E-state index is 11.7. The molecule has 0 spiro atoms. The van der Waals surface area contributed by atoms with Crippen LogP contribution in [-0.2, 0) is 11.3 Å². The molecule has 0 saturated carbocycles. The summed E-state index contributed by atoms with van der Waals surface area (Å²) in [4.78, 5) is 22.5. The molecule has 88 valence electrons. The Morgan fingerprint density at radius 2 is 2.00 bits per heavy atom. The van der Waals surface area contributed by atoms with E-state index in [0.717, 1.165) is 11.1 Å². The molecule has 2 aromatic rings. The molecule has 2 rings (SSSR count). The van der Waals surface area contributed by atoms with Crippen LogP contribution in [0, 0.1) is 13.8 Å². The van der Waals surface area contributed by atoms with Gasteiger partial charge in [0, 0.05) is 17.6 Å². The van der Waals surface area contributed by atoms with Gasteiger partial charge in [-0.1, -0.05) is 6.07 Å². The van der Waals surface area contributed by atoms with Crippen LogP contribution in [0.2, 0.25) is 0 Å². The number of aromatic nitrogens is 1. The quantitative estimate of drug-likeness (QED) is 0.855. The number of carbonyl (C=O) groups is 1. The second-order valence-electron chi connectivity index (χ2n) is 4.11. The second kappa shape index (κ2) is 4.05. The fraction of sp³-hybridized carbons (Fsp3) is 0.231. The number of hydrogen-bond donors (Lipinski definition) is 1. The van der Waals surface area contributed by atoms with Gasteiger partial charge in [-0.15, -0.1) is 0 Å². The second-order valence-corrected chi connectivity index (χ2v) is 4.11. The van der Waals surface area contributed by atoms with E-state index in [-0.39, 0.29) is 12.0 Å². The molecule has 0 unspecified atom stereocenters. The molecule has 1 aromatic heterocycles. The molecule has 1 aromatic carbocycles. The van der Waals surface area contributed by atoms with Crippen LogP contribution in [0.4, 0.5) is 0 Å². The molecule has 0 fully saturated rings. The van der Waals surface area contributed by atoms with Crippen LogP contribution in [0.5, 0.6) is 0 Å². The van der Waals surface area contributed by atoms with Crippen molar-refractivity contribution in [2.75, 3.05) is 0 Å². The molecule has 0 bridgehead atoms. The Labute approximate surface area is 98.1 Å². The summed E-state index contributed by atoms with van der Waals surface area (Å²) in [7, 11) is 0. The fourth-order valence-corrected chi connectivity index (χ4v) is 1.97. The molecule has 0 radical (unpaired) electrons. The van der Waals surface area contributed by atoms with Gasteiger partial charge in [0.25, 0.3) is 0 Å². The highest BCUT2D eigenvalue weighted by atomic mass is 16.4. The van der Waals surface area contributed by atoms with Crippen LogP contribution in [0.15, 0.2) is 29.2 Å². The number of carboxylic acids is 1. The van der Waals surface area contributed by atoms with Crippen molar-refractivity contribution in [2.45, 2.75) is 20.4 Å². The summed E-state index contributed by atoms with van der Waals surface area (Å²) < 4.78 is 1.60. The van der Waals surface area contributed by atoms with Crippen molar-refractivity contribution < 1.29 is 9.90 Å². The monoisotopic (exact) mass is 231 g/mol. The first-order chi connectivity index (χ1) is 8.00. The molecule has 0 amide bonds. The normalized spacial score (nSPS) is 10.7. The molecule has 4 nitrogen and oxygen atoms in total. The third kappa shape index (κ3) is 1.93. The summed E-state index contributed by atoms with van der Waals surface area (Å²) in [5.41, 5.74) is 2.62.